The van der Waals surface area contributed by atoms with Crippen molar-refractivity contribution in [1.82, 2.24) is 10.3 Å². The average molecular weight is 288 g/mol. The number of aromatic amines is 1. The summed E-state index contributed by atoms with van der Waals surface area (Å²) in [5.41, 5.74) is 7.52. The lowest BCUT2D eigenvalue weighted by atomic mass is 10.0. The molecule has 0 bridgehead atoms. The second-order valence-electron chi connectivity index (χ2n) is 5.22. The molecule has 1 rings (SSSR count). The first-order valence-corrected chi connectivity index (χ1v) is 5.92. The lowest BCUT2D eigenvalue weighted by Crippen LogP contribution is -2.49. The van der Waals surface area contributed by atoms with Gasteiger partial charge in [0, 0.05) is 23.3 Å². The summed E-state index contributed by atoms with van der Waals surface area (Å²) in [6, 6.07) is 0. The number of aryl methyl sites for hydroxylation is 1. The number of carbonyl (C=O) groups excluding carboxylic acids is 2. The van der Waals surface area contributed by atoms with E-state index < -0.39 is 5.54 Å². The highest BCUT2D eigenvalue weighted by Gasteiger charge is 2.24. The molecule has 0 aliphatic heterocycles. The van der Waals surface area contributed by atoms with Gasteiger partial charge in [0.2, 0.25) is 0 Å². The molecule has 0 aromatic carbocycles. The second kappa shape index (κ2) is 6.21. The van der Waals surface area contributed by atoms with Gasteiger partial charge < -0.3 is 16.0 Å². The maximum absolute atomic E-state index is 12.1. The molecular weight excluding hydrogens is 266 g/mol. The zero-order chi connectivity index (χ0) is 14.1. The normalized spacial score (nSPS) is 10.8. The van der Waals surface area contributed by atoms with Gasteiger partial charge in [-0.05, 0) is 40.2 Å². The highest BCUT2D eigenvalue weighted by atomic mass is 35.5. The molecule has 0 aliphatic carbocycles. The molecule has 4 N–H and O–H groups in total. The number of aromatic nitrogens is 1. The smallest absolute Gasteiger partial charge is 0.268 e. The fourth-order valence-electron chi connectivity index (χ4n) is 1.93. The molecule has 0 saturated heterocycles. The molecule has 0 spiro atoms. The van der Waals surface area contributed by atoms with E-state index in [1.165, 1.54) is 6.92 Å². The average Bonchev–Trinajstić information content (AvgIpc) is 2.53. The summed E-state index contributed by atoms with van der Waals surface area (Å²) < 4.78 is 0. The Balaban J connectivity index is 0.00000324. The number of rotatable bonds is 4. The highest BCUT2D eigenvalue weighted by Crippen LogP contribution is 2.18. The Kier molecular flexibility index (Phi) is 5.78. The van der Waals surface area contributed by atoms with Crippen molar-refractivity contribution in [1.29, 1.82) is 0 Å². The Morgan fingerprint density at radius 2 is 1.84 bits per heavy atom. The molecule has 0 atom stereocenters. The maximum atomic E-state index is 12.1. The molecule has 0 aliphatic rings. The van der Waals surface area contributed by atoms with E-state index in [9.17, 15) is 9.59 Å². The standard InChI is InChI=1S/C13H21N3O2.ClH/c1-7-10(9(3)17)8(2)15-11(7)12(18)16-13(4,5)6-14;/h15H,6,14H2,1-5H3,(H,16,18);1H. The van der Waals surface area contributed by atoms with E-state index in [1.807, 2.05) is 13.8 Å². The van der Waals surface area contributed by atoms with Crippen molar-refractivity contribution in [3.63, 3.8) is 0 Å². The third kappa shape index (κ3) is 3.81. The van der Waals surface area contributed by atoms with E-state index >= 15 is 0 Å². The molecule has 0 saturated carbocycles. The van der Waals surface area contributed by atoms with E-state index in [0.29, 0.717) is 23.4 Å². The van der Waals surface area contributed by atoms with Gasteiger partial charge in [-0.3, -0.25) is 9.59 Å². The predicted molar refractivity (Wildman–Crippen MR) is 78.1 cm³/mol. The number of carbonyl (C=O) groups is 2. The van der Waals surface area contributed by atoms with Crippen LogP contribution in [-0.4, -0.2) is 28.8 Å². The third-order valence-electron chi connectivity index (χ3n) is 2.98. The largest absolute Gasteiger partial charge is 0.354 e. The summed E-state index contributed by atoms with van der Waals surface area (Å²) in [6.45, 7) is 9.09. The van der Waals surface area contributed by atoms with Gasteiger partial charge in [-0.25, -0.2) is 0 Å². The topological polar surface area (TPSA) is 88.0 Å². The van der Waals surface area contributed by atoms with Crippen LogP contribution in [0.2, 0.25) is 0 Å². The SMILES string of the molecule is CC(=O)c1c(C)[nH]c(C(=O)NC(C)(C)CN)c1C.Cl. The summed E-state index contributed by atoms with van der Waals surface area (Å²) >= 11 is 0. The molecule has 6 heteroatoms. The van der Waals surface area contributed by atoms with Gasteiger partial charge in [0.15, 0.2) is 5.78 Å². The fraction of sp³-hybridized carbons (Fsp3) is 0.538. The van der Waals surface area contributed by atoms with Crippen LogP contribution in [0, 0.1) is 13.8 Å². The van der Waals surface area contributed by atoms with Crippen molar-refractivity contribution in [2.24, 2.45) is 5.73 Å². The minimum Gasteiger partial charge on any atom is -0.354 e. The van der Waals surface area contributed by atoms with Crippen molar-refractivity contribution in [2.45, 2.75) is 40.2 Å². The van der Waals surface area contributed by atoms with Gasteiger partial charge in [-0.2, -0.15) is 0 Å². The lowest BCUT2D eigenvalue weighted by molar-refractivity contribution is 0.0910. The molecule has 1 aromatic heterocycles. The predicted octanol–water partition coefficient (Wildman–Crippen LogP) is 1.72. The third-order valence-corrected chi connectivity index (χ3v) is 2.98. The van der Waals surface area contributed by atoms with Crippen molar-refractivity contribution in [2.75, 3.05) is 6.54 Å². The first-order valence-electron chi connectivity index (χ1n) is 5.92. The number of hydrogen-bond acceptors (Lipinski definition) is 3. The van der Waals surface area contributed by atoms with Crippen molar-refractivity contribution < 1.29 is 9.59 Å². The number of hydrogen-bond donors (Lipinski definition) is 3. The first kappa shape index (κ1) is 17.7. The minimum absolute atomic E-state index is 0. The number of Topliss-reactive ketones (excluding diaryl/α,β-unsaturated/α-hetero) is 1. The molecule has 1 aromatic rings. The fourth-order valence-corrected chi connectivity index (χ4v) is 1.93. The van der Waals surface area contributed by atoms with Crippen LogP contribution >= 0.6 is 12.4 Å². The van der Waals surface area contributed by atoms with E-state index in [0.717, 1.165) is 5.69 Å². The Morgan fingerprint density at radius 3 is 2.21 bits per heavy atom. The second-order valence-corrected chi connectivity index (χ2v) is 5.22. The Labute approximate surface area is 119 Å². The van der Waals surface area contributed by atoms with Crippen molar-refractivity contribution in [3.8, 4) is 0 Å². The molecule has 108 valence electrons. The Hall–Kier alpha value is -1.33. The molecule has 0 fully saturated rings. The van der Waals surface area contributed by atoms with Crippen LogP contribution in [-0.2, 0) is 0 Å². The van der Waals surface area contributed by atoms with Gasteiger partial charge in [-0.1, -0.05) is 0 Å². The van der Waals surface area contributed by atoms with Gasteiger partial charge in [0.1, 0.15) is 5.69 Å². The zero-order valence-corrected chi connectivity index (χ0v) is 12.8. The summed E-state index contributed by atoms with van der Waals surface area (Å²) in [5.74, 6) is -0.281. The monoisotopic (exact) mass is 287 g/mol. The summed E-state index contributed by atoms with van der Waals surface area (Å²) in [5, 5.41) is 2.84. The molecule has 0 unspecified atom stereocenters. The van der Waals surface area contributed by atoms with E-state index in [-0.39, 0.29) is 24.1 Å². The van der Waals surface area contributed by atoms with Crippen LogP contribution in [0.15, 0.2) is 0 Å². The Morgan fingerprint density at radius 1 is 1.32 bits per heavy atom. The molecule has 1 amide bonds. The van der Waals surface area contributed by atoms with Crippen LogP contribution in [0.4, 0.5) is 0 Å². The van der Waals surface area contributed by atoms with E-state index in [1.54, 1.807) is 13.8 Å². The minimum atomic E-state index is -0.473. The number of ketones is 1. The van der Waals surface area contributed by atoms with Crippen LogP contribution in [0.3, 0.4) is 0 Å². The first-order chi connectivity index (χ1) is 8.19. The number of H-pyrrole nitrogens is 1. The van der Waals surface area contributed by atoms with Crippen LogP contribution in [0.5, 0.6) is 0 Å². The number of nitrogens with two attached hydrogens (primary N) is 1. The summed E-state index contributed by atoms with van der Waals surface area (Å²) in [6.07, 6.45) is 0. The molecule has 19 heavy (non-hydrogen) atoms. The summed E-state index contributed by atoms with van der Waals surface area (Å²) in [7, 11) is 0. The number of nitrogens with one attached hydrogen (secondary N) is 2. The van der Waals surface area contributed by atoms with Crippen LogP contribution in [0.1, 0.15) is 52.9 Å². The molecule has 5 nitrogen and oxygen atoms in total. The maximum Gasteiger partial charge on any atom is 0.268 e. The lowest BCUT2D eigenvalue weighted by Gasteiger charge is -2.24. The van der Waals surface area contributed by atoms with E-state index in [2.05, 4.69) is 10.3 Å². The van der Waals surface area contributed by atoms with Gasteiger partial charge in [-0.15, -0.1) is 12.4 Å². The van der Waals surface area contributed by atoms with Gasteiger partial charge >= 0.3 is 0 Å². The van der Waals surface area contributed by atoms with Crippen LogP contribution < -0.4 is 11.1 Å². The number of amides is 1. The molecule has 1 heterocycles. The molecule has 0 radical (unpaired) electrons. The highest BCUT2D eigenvalue weighted by molar-refractivity contribution is 6.02. The van der Waals surface area contributed by atoms with Crippen LogP contribution in [0.25, 0.3) is 0 Å². The Bertz CT molecular complexity index is 492. The van der Waals surface area contributed by atoms with Crippen molar-refractivity contribution in [3.05, 3.63) is 22.5 Å². The zero-order valence-electron chi connectivity index (χ0n) is 12.0. The number of halogens is 1. The van der Waals surface area contributed by atoms with Gasteiger partial charge in [0.25, 0.3) is 5.91 Å². The summed E-state index contributed by atoms with van der Waals surface area (Å²) in [4.78, 5) is 26.6. The van der Waals surface area contributed by atoms with Crippen molar-refractivity contribution >= 4 is 24.1 Å². The van der Waals surface area contributed by atoms with Gasteiger partial charge in [0.05, 0.1) is 0 Å². The molecular formula is C13H22ClN3O2. The van der Waals surface area contributed by atoms with E-state index in [4.69, 9.17) is 5.73 Å². The quantitative estimate of drug-likeness (QED) is 0.737.